The Morgan fingerprint density at radius 1 is 0.979 bits per heavy atom. The molecule has 1 atom stereocenters. The molecule has 6 rings (SSSR count). The van der Waals surface area contributed by atoms with E-state index in [0.717, 1.165) is 61.4 Å². The largest absolute Gasteiger partial charge is 0.497 e. The summed E-state index contributed by atoms with van der Waals surface area (Å²) in [5.74, 6) is 2.17. The number of amides is 1. The second-order valence-corrected chi connectivity index (χ2v) is 12.4. The molecule has 0 bridgehead atoms. The summed E-state index contributed by atoms with van der Waals surface area (Å²) in [5, 5.41) is 12.3. The van der Waals surface area contributed by atoms with Crippen LogP contribution >= 0.6 is 0 Å². The van der Waals surface area contributed by atoms with E-state index in [1.165, 1.54) is 0 Å². The Balaban J connectivity index is 0.000000494. The number of carboxylic acid groups (broad SMARTS) is 1. The van der Waals surface area contributed by atoms with E-state index in [4.69, 9.17) is 15.2 Å². The van der Waals surface area contributed by atoms with E-state index in [9.17, 15) is 14.7 Å². The van der Waals surface area contributed by atoms with Crippen LogP contribution in [0.4, 0.5) is 17.3 Å². The van der Waals surface area contributed by atoms with Gasteiger partial charge in [0.1, 0.15) is 17.4 Å². The third-order valence-corrected chi connectivity index (χ3v) is 8.68. The first kappa shape index (κ1) is 34.2. The molecule has 11 heteroatoms. The highest BCUT2D eigenvalue weighted by atomic mass is 16.5. The van der Waals surface area contributed by atoms with Crippen LogP contribution in [0.3, 0.4) is 0 Å². The zero-order chi connectivity index (χ0) is 34.0. The van der Waals surface area contributed by atoms with Crippen LogP contribution in [0.1, 0.15) is 65.3 Å². The van der Waals surface area contributed by atoms with E-state index in [1.807, 2.05) is 56.3 Å². The number of piperidine rings is 1. The van der Waals surface area contributed by atoms with Gasteiger partial charge in [-0.3, -0.25) is 9.59 Å². The smallest absolute Gasteiger partial charge is 0.303 e. The average molecular weight is 653 g/mol. The fourth-order valence-electron chi connectivity index (χ4n) is 5.97. The zero-order valence-corrected chi connectivity index (χ0v) is 27.8. The van der Waals surface area contributed by atoms with Crippen LogP contribution in [0.25, 0.3) is 0 Å². The minimum Gasteiger partial charge on any atom is -0.497 e. The third kappa shape index (κ3) is 9.66. The first-order valence-electron chi connectivity index (χ1n) is 16.4. The molecular weight excluding hydrogens is 608 g/mol. The quantitative estimate of drug-likeness (QED) is 0.169. The number of aryl methyl sites for hydroxylation is 2. The maximum absolute atomic E-state index is 13.2. The summed E-state index contributed by atoms with van der Waals surface area (Å²) in [7, 11) is 1.62. The van der Waals surface area contributed by atoms with Gasteiger partial charge in [-0.25, -0.2) is 15.0 Å². The molecule has 1 amide bonds. The highest BCUT2D eigenvalue weighted by Gasteiger charge is 2.34. The van der Waals surface area contributed by atoms with Crippen molar-refractivity contribution >= 4 is 29.2 Å². The molecular formula is C37H44N6O5. The predicted octanol–water partition coefficient (Wildman–Crippen LogP) is 6.28. The van der Waals surface area contributed by atoms with Crippen molar-refractivity contribution in [2.75, 3.05) is 42.8 Å². The van der Waals surface area contributed by atoms with Gasteiger partial charge >= 0.3 is 5.97 Å². The number of nitrogens with zero attached hydrogens (tertiary/aromatic N) is 4. The van der Waals surface area contributed by atoms with E-state index in [0.29, 0.717) is 47.3 Å². The summed E-state index contributed by atoms with van der Waals surface area (Å²) in [6.07, 6.45) is 5.82. The minimum atomic E-state index is -0.772. The molecule has 1 aromatic carbocycles. The highest BCUT2D eigenvalue weighted by molar-refractivity contribution is 6.08. The lowest BCUT2D eigenvalue weighted by molar-refractivity contribution is -0.137. The Morgan fingerprint density at radius 2 is 1.71 bits per heavy atom. The van der Waals surface area contributed by atoms with E-state index in [2.05, 4.69) is 25.2 Å². The van der Waals surface area contributed by atoms with Crippen molar-refractivity contribution in [3.8, 4) is 11.6 Å². The number of carbonyl (C=O) groups excluding carboxylic acids is 1. The van der Waals surface area contributed by atoms with Crippen molar-refractivity contribution in [1.29, 1.82) is 0 Å². The number of carbonyl (C=O) groups is 2. The standard InChI is InChI=1S/C31H36N4O5.C6H8N2/c1-20-4-3-5-28(33-20)34-31(38)25-9-8-24(39-2)17-27(25)35-14-11-21(12-15-35)19-40-29-16-23(10-13-32-29)26(18-30(36)37)22-6-7-22;1-5-3-2-4-6(7)8-5/h3-5,8-10,13,16-17,21-22,26H,6-7,11-12,14-15,18-19H2,1-2H3,(H,36,37)(H,33,34,38);2-4H,1H3,(H2,7,8). The molecule has 0 radical (unpaired) electrons. The van der Waals surface area contributed by atoms with Crippen molar-refractivity contribution in [1.82, 2.24) is 15.0 Å². The number of ether oxygens (including phenoxy) is 2. The number of nitrogen functional groups attached to an aromatic ring is 1. The number of carboxylic acids is 1. The summed E-state index contributed by atoms with van der Waals surface area (Å²) < 4.78 is 11.5. The van der Waals surface area contributed by atoms with Crippen molar-refractivity contribution in [3.63, 3.8) is 0 Å². The summed E-state index contributed by atoms with van der Waals surface area (Å²) in [6.45, 7) is 5.90. The van der Waals surface area contributed by atoms with E-state index < -0.39 is 5.97 Å². The minimum absolute atomic E-state index is 0.0158. The summed E-state index contributed by atoms with van der Waals surface area (Å²) in [6, 6.07) is 20.4. The van der Waals surface area contributed by atoms with Crippen LogP contribution < -0.4 is 25.4 Å². The fourth-order valence-corrected chi connectivity index (χ4v) is 5.97. The Labute approximate surface area is 281 Å². The molecule has 11 nitrogen and oxygen atoms in total. The molecule has 4 N–H and O–H groups in total. The monoisotopic (exact) mass is 652 g/mol. The topological polar surface area (TPSA) is 153 Å². The number of rotatable bonds is 11. The number of hydrogen-bond donors (Lipinski definition) is 3. The molecule has 1 aliphatic carbocycles. The Bertz CT molecular complexity index is 1690. The normalized spacial score (nSPS) is 15.1. The molecule has 2 fully saturated rings. The SMILES string of the molecule is COc1ccc(C(=O)Nc2cccc(C)n2)c(N2CCC(COc3cc(C(CC(=O)O)C4CC4)ccn3)CC2)c1.Cc1cccc(N)n1. The maximum atomic E-state index is 13.2. The molecule has 1 aliphatic heterocycles. The van der Waals surface area contributed by atoms with Crippen molar-refractivity contribution in [2.45, 2.75) is 51.9 Å². The Hall–Kier alpha value is -5.19. The number of benzene rings is 1. The van der Waals surface area contributed by atoms with Gasteiger partial charge in [-0.1, -0.05) is 12.1 Å². The zero-order valence-electron chi connectivity index (χ0n) is 27.8. The number of hydrogen-bond acceptors (Lipinski definition) is 9. The first-order valence-corrected chi connectivity index (χ1v) is 16.4. The van der Waals surface area contributed by atoms with Gasteiger partial charge in [-0.2, -0.15) is 0 Å². The van der Waals surface area contributed by atoms with Crippen molar-refractivity contribution < 1.29 is 24.2 Å². The molecule has 48 heavy (non-hydrogen) atoms. The summed E-state index contributed by atoms with van der Waals surface area (Å²) in [4.78, 5) is 39.5. The van der Waals surface area contributed by atoms with E-state index in [1.54, 1.807) is 37.6 Å². The van der Waals surface area contributed by atoms with Gasteiger partial charge in [0.2, 0.25) is 5.88 Å². The molecule has 1 saturated heterocycles. The second kappa shape index (κ2) is 16.1. The van der Waals surface area contributed by atoms with Crippen LogP contribution in [0.2, 0.25) is 0 Å². The molecule has 0 spiro atoms. The Morgan fingerprint density at radius 3 is 2.33 bits per heavy atom. The third-order valence-electron chi connectivity index (χ3n) is 8.68. The van der Waals surface area contributed by atoms with Crippen LogP contribution in [-0.2, 0) is 4.79 Å². The van der Waals surface area contributed by atoms with Gasteiger partial charge in [-0.15, -0.1) is 0 Å². The van der Waals surface area contributed by atoms with Crippen molar-refractivity contribution in [2.24, 2.45) is 11.8 Å². The lowest BCUT2D eigenvalue weighted by atomic mass is 9.92. The lowest BCUT2D eigenvalue weighted by Gasteiger charge is -2.34. The average Bonchev–Trinajstić information content (AvgIpc) is 3.92. The number of anilines is 3. The predicted molar refractivity (Wildman–Crippen MR) is 186 cm³/mol. The molecule has 2 aliphatic rings. The number of pyridine rings is 3. The lowest BCUT2D eigenvalue weighted by Crippen LogP contribution is -2.36. The number of nitrogens with two attached hydrogens (primary N) is 1. The fraction of sp³-hybridized carbons (Fsp3) is 0.378. The van der Waals surface area contributed by atoms with Crippen LogP contribution in [0, 0.1) is 25.7 Å². The van der Waals surface area contributed by atoms with E-state index in [-0.39, 0.29) is 18.2 Å². The van der Waals surface area contributed by atoms with E-state index >= 15 is 0 Å². The molecule has 4 aromatic rings. The summed E-state index contributed by atoms with van der Waals surface area (Å²) >= 11 is 0. The van der Waals surface area contributed by atoms with Crippen LogP contribution in [-0.4, -0.2) is 58.7 Å². The highest BCUT2D eigenvalue weighted by Crippen LogP contribution is 2.45. The Kier molecular flexibility index (Phi) is 11.4. The molecule has 4 heterocycles. The van der Waals surface area contributed by atoms with Crippen LogP contribution in [0.5, 0.6) is 11.6 Å². The maximum Gasteiger partial charge on any atom is 0.303 e. The molecule has 1 saturated carbocycles. The molecule has 1 unspecified atom stereocenters. The van der Waals surface area contributed by atoms with Gasteiger partial charge in [0.05, 0.1) is 31.4 Å². The molecule has 3 aromatic heterocycles. The van der Waals surface area contributed by atoms with Gasteiger partial charge < -0.3 is 30.5 Å². The van der Waals surface area contributed by atoms with Gasteiger partial charge in [0.15, 0.2) is 0 Å². The van der Waals surface area contributed by atoms with Crippen LogP contribution in [0.15, 0.2) is 72.9 Å². The van der Waals surface area contributed by atoms with Crippen molar-refractivity contribution in [3.05, 3.63) is 95.4 Å². The molecule has 252 valence electrons. The van der Waals surface area contributed by atoms with Gasteiger partial charge in [0.25, 0.3) is 5.91 Å². The number of aliphatic carboxylic acids is 1. The van der Waals surface area contributed by atoms with Gasteiger partial charge in [0, 0.05) is 42.8 Å². The summed E-state index contributed by atoms with van der Waals surface area (Å²) in [5.41, 5.74) is 9.55. The number of aromatic nitrogens is 3. The van der Waals surface area contributed by atoms with Gasteiger partial charge in [-0.05, 0) is 105 Å². The number of methoxy groups -OCH3 is 1. The first-order chi connectivity index (χ1) is 23.2. The second-order valence-electron chi connectivity index (χ2n) is 12.4. The number of nitrogens with one attached hydrogen (secondary N) is 1.